The first kappa shape index (κ1) is 20.2. The van der Waals surface area contributed by atoms with Gasteiger partial charge in [0.25, 0.3) is 5.91 Å². The minimum absolute atomic E-state index is 0.129. The zero-order chi connectivity index (χ0) is 21.1. The third-order valence-corrected chi connectivity index (χ3v) is 4.53. The average molecular weight is 394 g/mol. The molecule has 3 aromatic rings. The van der Waals surface area contributed by atoms with Gasteiger partial charge in [-0.05, 0) is 49.2 Å². The highest BCUT2D eigenvalue weighted by molar-refractivity contribution is 5.99. The van der Waals surface area contributed by atoms with Gasteiger partial charge in [-0.3, -0.25) is 9.78 Å². The van der Waals surface area contributed by atoms with Gasteiger partial charge in [0.2, 0.25) is 0 Å². The lowest BCUT2D eigenvalue weighted by Gasteiger charge is -2.15. The van der Waals surface area contributed by atoms with Crippen molar-refractivity contribution < 1.29 is 18.3 Å². The van der Waals surface area contributed by atoms with Gasteiger partial charge in [-0.1, -0.05) is 18.7 Å². The van der Waals surface area contributed by atoms with E-state index < -0.39 is 17.5 Å². The van der Waals surface area contributed by atoms with Crippen LogP contribution in [0.15, 0.2) is 55.2 Å². The van der Waals surface area contributed by atoms with Crippen LogP contribution in [-0.2, 0) is 0 Å². The number of ether oxygens (including phenoxy) is 1. The predicted octanol–water partition coefficient (Wildman–Crippen LogP) is 5.05. The number of methoxy groups -OCH3 is 1. The fourth-order valence-corrected chi connectivity index (χ4v) is 3.09. The standard InChI is InChI=1S/C23H20F2N2O2/c1-13-6-5-7-21(29-4)22(13)20-11-19(14(2)12-26-20)15(3)27-23(28)16-8-17(24)10-18(25)9-16/h5-12H,3H2,1-2,4H3,(H,27,28). The van der Waals surface area contributed by atoms with Crippen LogP contribution in [0.1, 0.15) is 27.0 Å². The van der Waals surface area contributed by atoms with Crippen molar-refractivity contribution in [1.82, 2.24) is 10.3 Å². The second kappa shape index (κ2) is 8.22. The molecule has 29 heavy (non-hydrogen) atoms. The van der Waals surface area contributed by atoms with E-state index in [-0.39, 0.29) is 5.56 Å². The van der Waals surface area contributed by atoms with E-state index in [2.05, 4.69) is 16.9 Å². The number of carbonyl (C=O) groups excluding carboxylic acids is 1. The van der Waals surface area contributed by atoms with Crippen LogP contribution < -0.4 is 10.1 Å². The van der Waals surface area contributed by atoms with Crippen molar-refractivity contribution in [2.24, 2.45) is 0 Å². The summed E-state index contributed by atoms with van der Waals surface area (Å²) in [6.45, 7) is 7.70. The Morgan fingerprint density at radius 2 is 1.76 bits per heavy atom. The summed E-state index contributed by atoms with van der Waals surface area (Å²) in [6.07, 6.45) is 1.68. The second-order valence-corrected chi connectivity index (χ2v) is 6.63. The first-order valence-electron chi connectivity index (χ1n) is 8.87. The smallest absolute Gasteiger partial charge is 0.255 e. The van der Waals surface area contributed by atoms with E-state index in [9.17, 15) is 13.6 Å². The lowest BCUT2D eigenvalue weighted by molar-refractivity contribution is 0.0973. The molecule has 0 fully saturated rings. The summed E-state index contributed by atoms with van der Waals surface area (Å²) in [4.78, 5) is 16.9. The topological polar surface area (TPSA) is 51.2 Å². The number of amides is 1. The number of halogens is 2. The van der Waals surface area contributed by atoms with Gasteiger partial charge in [-0.15, -0.1) is 0 Å². The van der Waals surface area contributed by atoms with Crippen LogP contribution >= 0.6 is 0 Å². The van der Waals surface area contributed by atoms with E-state index in [0.717, 1.165) is 28.8 Å². The highest BCUT2D eigenvalue weighted by Gasteiger charge is 2.15. The van der Waals surface area contributed by atoms with E-state index in [1.54, 1.807) is 19.4 Å². The predicted molar refractivity (Wildman–Crippen MR) is 109 cm³/mol. The van der Waals surface area contributed by atoms with Gasteiger partial charge in [0.15, 0.2) is 0 Å². The molecule has 2 aromatic carbocycles. The lowest BCUT2D eigenvalue weighted by Crippen LogP contribution is -2.22. The highest BCUT2D eigenvalue weighted by atomic mass is 19.1. The van der Waals surface area contributed by atoms with Crippen molar-refractivity contribution in [3.63, 3.8) is 0 Å². The maximum absolute atomic E-state index is 13.4. The summed E-state index contributed by atoms with van der Waals surface area (Å²) in [7, 11) is 1.59. The summed E-state index contributed by atoms with van der Waals surface area (Å²) in [5.41, 5.74) is 4.10. The minimum Gasteiger partial charge on any atom is -0.496 e. The molecule has 0 saturated heterocycles. The Bertz CT molecular complexity index is 1090. The zero-order valence-corrected chi connectivity index (χ0v) is 16.3. The maximum Gasteiger partial charge on any atom is 0.255 e. The van der Waals surface area contributed by atoms with Gasteiger partial charge in [-0.2, -0.15) is 0 Å². The molecule has 0 aliphatic heterocycles. The fraction of sp³-hybridized carbons (Fsp3) is 0.130. The molecular formula is C23H20F2N2O2. The van der Waals surface area contributed by atoms with Crippen molar-refractivity contribution in [3.05, 3.63) is 89.1 Å². The zero-order valence-electron chi connectivity index (χ0n) is 16.3. The van der Waals surface area contributed by atoms with Crippen LogP contribution in [0.2, 0.25) is 0 Å². The van der Waals surface area contributed by atoms with Crippen LogP contribution in [-0.4, -0.2) is 18.0 Å². The summed E-state index contributed by atoms with van der Waals surface area (Å²) in [6, 6.07) is 10.1. The Hall–Kier alpha value is -3.54. The first-order chi connectivity index (χ1) is 13.8. The molecule has 0 radical (unpaired) electrons. The van der Waals surface area contributed by atoms with Gasteiger partial charge >= 0.3 is 0 Å². The molecule has 0 atom stereocenters. The van der Waals surface area contributed by atoms with Gasteiger partial charge in [0.1, 0.15) is 17.4 Å². The number of aromatic nitrogens is 1. The van der Waals surface area contributed by atoms with Crippen molar-refractivity contribution in [2.45, 2.75) is 13.8 Å². The number of aryl methyl sites for hydroxylation is 2. The minimum atomic E-state index is -0.824. The Kier molecular flexibility index (Phi) is 5.73. The first-order valence-corrected chi connectivity index (χ1v) is 8.87. The van der Waals surface area contributed by atoms with E-state index in [1.807, 2.05) is 32.0 Å². The second-order valence-electron chi connectivity index (χ2n) is 6.63. The van der Waals surface area contributed by atoms with Gasteiger partial charge in [0.05, 0.1) is 12.8 Å². The SMILES string of the molecule is C=C(NC(=O)c1cc(F)cc(F)c1)c1cc(-c2c(C)cccc2OC)ncc1C. The Morgan fingerprint density at radius 1 is 1.07 bits per heavy atom. The number of carbonyl (C=O) groups is 1. The van der Waals surface area contributed by atoms with Gasteiger partial charge in [-0.25, -0.2) is 8.78 Å². The van der Waals surface area contributed by atoms with Crippen molar-refractivity contribution in [2.75, 3.05) is 7.11 Å². The highest BCUT2D eigenvalue weighted by Crippen LogP contribution is 2.33. The number of nitrogens with one attached hydrogen (secondary N) is 1. The Morgan fingerprint density at radius 3 is 2.41 bits per heavy atom. The molecule has 148 valence electrons. The molecule has 0 saturated carbocycles. The molecule has 0 aliphatic rings. The molecule has 0 bridgehead atoms. The summed E-state index contributed by atoms with van der Waals surface area (Å²) < 4.78 is 32.3. The van der Waals surface area contributed by atoms with Crippen LogP contribution in [0.5, 0.6) is 5.75 Å². The molecule has 1 N–H and O–H groups in total. The van der Waals surface area contributed by atoms with Crippen molar-refractivity contribution >= 4 is 11.6 Å². The van der Waals surface area contributed by atoms with Crippen LogP contribution in [0.25, 0.3) is 17.0 Å². The third kappa shape index (κ3) is 4.32. The van der Waals surface area contributed by atoms with E-state index in [1.165, 1.54) is 0 Å². The molecule has 1 aromatic heterocycles. The molecule has 1 amide bonds. The molecule has 0 aliphatic carbocycles. The van der Waals surface area contributed by atoms with Crippen LogP contribution in [0.4, 0.5) is 8.78 Å². The van der Waals surface area contributed by atoms with E-state index in [0.29, 0.717) is 28.8 Å². The quantitative estimate of drug-likeness (QED) is 0.659. The van der Waals surface area contributed by atoms with Gasteiger partial charge < -0.3 is 10.1 Å². The van der Waals surface area contributed by atoms with Crippen molar-refractivity contribution in [3.8, 4) is 17.0 Å². The molecule has 6 heteroatoms. The molecule has 4 nitrogen and oxygen atoms in total. The monoisotopic (exact) mass is 394 g/mol. The van der Waals surface area contributed by atoms with Gasteiger partial charge in [0, 0.05) is 34.7 Å². The molecule has 1 heterocycles. The Balaban J connectivity index is 1.94. The van der Waals surface area contributed by atoms with E-state index >= 15 is 0 Å². The van der Waals surface area contributed by atoms with Crippen LogP contribution in [0.3, 0.4) is 0 Å². The number of hydrogen-bond acceptors (Lipinski definition) is 3. The van der Waals surface area contributed by atoms with E-state index in [4.69, 9.17) is 4.74 Å². The largest absolute Gasteiger partial charge is 0.496 e. The molecular weight excluding hydrogens is 374 g/mol. The number of pyridine rings is 1. The normalized spacial score (nSPS) is 10.5. The average Bonchev–Trinajstić information content (AvgIpc) is 2.67. The Labute approximate surface area is 167 Å². The number of hydrogen-bond donors (Lipinski definition) is 1. The molecule has 0 unspecified atom stereocenters. The molecule has 0 spiro atoms. The summed E-state index contributed by atoms with van der Waals surface area (Å²) in [5, 5.41) is 2.60. The molecule has 3 rings (SSSR count). The number of benzene rings is 2. The summed E-state index contributed by atoms with van der Waals surface area (Å²) in [5.74, 6) is -1.62. The number of nitrogens with zero attached hydrogens (tertiary/aromatic N) is 1. The summed E-state index contributed by atoms with van der Waals surface area (Å²) >= 11 is 0. The number of rotatable bonds is 5. The third-order valence-electron chi connectivity index (χ3n) is 4.53. The fourth-order valence-electron chi connectivity index (χ4n) is 3.09. The lowest BCUT2D eigenvalue weighted by atomic mass is 10.00. The maximum atomic E-state index is 13.4. The van der Waals surface area contributed by atoms with Crippen LogP contribution in [0, 0.1) is 25.5 Å². The van der Waals surface area contributed by atoms with Crippen molar-refractivity contribution in [1.29, 1.82) is 0 Å².